The van der Waals surface area contributed by atoms with Crippen LogP contribution >= 0.6 is 0 Å². The van der Waals surface area contributed by atoms with Crippen molar-refractivity contribution in [2.45, 2.75) is 38.7 Å². The third kappa shape index (κ3) is 3.83. The van der Waals surface area contributed by atoms with Crippen molar-refractivity contribution in [1.29, 1.82) is 0 Å². The Hall–Kier alpha value is -3.48. The number of H-pyrrole nitrogens is 1. The Kier molecular flexibility index (Phi) is 5.02. The van der Waals surface area contributed by atoms with Gasteiger partial charge in [0.25, 0.3) is 5.91 Å². The lowest BCUT2D eigenvalue weighted by Gasteiger charge is -2.19. The van der Waals surface area contributed by atoms with E-state index < -0.39 is 18.0 Å². The molecular weight excluding hydrogens is 396 g/mol. The third-order valence-corrected chi connectivity index (χ3v) is 5.80. The monoisotopic (exact) mass is 420 g/mol. The Labute approximate surface area is 179 Å². The maximum Gasteiger partial charge on any atom is 0.338 e. The maximum atomic E-state index is 12.7. The fourth-order valence-electron chi connectivity index (χ4n) is 4.18. The Balaban J connectivity index is 1.27. The van der Waals surface area contributed by atoms with Gasteiger partial charge < -0.3 is 24.5 Å². The van der Waals surface area contributed by atoms with E-state index in [2.05, 4.69) is 10.3 Å². The van der Waals surface area contributed by atoms with Crippen LogP contribution < -0.4 is 14.8 Å². The number of benzene rings is 2. The fourth-order valence-corrected chi connectivity index (χ4v) is 4.18. The predicted octanol–water partition coefficient (Wildman–Crippen LogP) is 4.00. The summed E-state index contributed by atoms with van der Waals surface area (Å²) in [4.78, 5) is 28.7. The zero-order valence-corrected chi connectivity index (χ0v) is 17.3. The minimum atomic E-state index is -0.948. The number of carbonyl (C=O) groups is 2. The van der Waals surface area contributed by atoms with Crippen molar-refractivity contribution < 1.29 is 23.8 Å². The van der Waals surface area contributed by atoms with Crippen molar-refractivity contribution in [3.05, 3.63) is 53.2 Å². The number of ether oxygens (including phenoxy) is 3. The van der Waals surface area contributed by atoms with Crippen LogP contribution in [-0.2, 0) is 22.4 Å². The molecule has 0 fully saturated rings. The number of fused-ring (bicyclic) bond motifs is 4. The topological polar surface area (TPSA) is 89.7 Å². The van der Waals surface area contributed by atoms with Gasteiger partial charge in [0.05, 0.1) is 5.56 Å². The predicted molar refractivity (Wildman–Crippen MR) is 116 cm³/mol. The molecule has 1 amide bonds. The van der Waals surface area contributed by atoms with Crippen molar-refractivity contribution in [3.8, 4) is 11.5 Å². The van der Waals surface area contributed by atoms with Crippen LogP contribution in [0.1, 0.15) is 41.4 Å². The Morgan fingerprint density at radius 3 is 2.71 bits per heavy atom. The molecule has 0 spiro atoms. The lowest BCUT2D eigenvalue weighted by Crippen LogP contribution is -2.30. The molecule has 0 unspecified atom stereocenters. The number of rotatable bonds is 4. The molecular formula is C24H24N2O5. The van der Waals surface area contributed by atoms with Crippen molar-refractivity contribution in [3.63, 3.8) is 0 Å². The van der Waals surface area contributed by atoms with E-state index in [9.17, 15) is 9.59 Å². The number of hydrogen-bond acceptors (Lipinski definition) is 5. The van der Waals surface area contributed by atoms with Crippen molar-refractivity contribution in [2.24, 2.45) is 0 Å². The van der Waals surface area contributed by atoms with E-state index in [0.717, 1.165) is 30.2 Å². The Morgan fingerprint density at radius 2 is 1.84 bits per heavy atom. The summed E-state index contributed by atoms with van der Waals surface area (Å²) >= 11 is 0. The highest BCUT2D eigenvalue weighted by molar-refractivity contribution is 5.99. The number of amides is 1. The van der Waals surface area contributed by atoms with Crippen LogP contribution in [0.25, 0.3) is 10.9 Å². The lowest BCUT2D eigenvalue weighted by atomic mass is 9.95. The number of carbonyl (C=O) groups excluding carboxylic acids is 2. The average molecular weight is 420 g/mol. The van der Waals surface area contributed by atoms with Crippen LogP contribution in [0.5, 0.6) is 11.5 Å². The standard InChI is InChI=1S/C24H24N2O5/c1-14(23(27)25-16-7-9-21-22(13-16)30-11-10-29-21)31-24(28)15-6-8-20-18(12-15)17-4-2-3-5-19(17)26-20/h6-9,12-14,26H,2-5,10-11H2,1H3,(H,25,27)/t14-/m0/s1. The van der Waals surface area contributed by atoms with Crippen molar-refractivity contribution in [1.82, 2.24) is 4.98 Å². The van der Waals surface area contributed by atoms with Gasteiger partial charge in [-0.1, -0.05) is 0 Å². The van der Waals surface area contributed by atoms with Gasteiger partial charge in [-0.2, -0.15) is 0 Å². The summed E-state index contributed by atoms with van der Waals surface area (Å²) in [6.07, 6.45) is 3.45. The van der Waals surface area contributed by atoms with Crippen LogP contribution in [0.2, 0.25) is 0 Å². The quantitative estimate of drug-likeness (QED) is 0.623. The molecule has 2 aliphatic rings. The minimum absolute atomic E-state index is 0.412. The molecule has 0 saturated heterocycles. The van der Waals surface area contributed by atoms with Gasteiger partial charge in [-0.3, -0.25) is 4.79 Å². The number of nitrogens with one attached hydrogen (secondary N) is 2. The van der Waals surface area contributed by atoms with Gasteiger partial charge >= 0.3 is 5.97 Å². The molecule has 1 aromatic heterocycles. The second-order valence-electron chi connectivity index (χ2n) is 7.94. The molecule has 0 radical (unpaired) electrons. The molecule has 0 bridgehead atoms. The Bertz CT molecular complexity index is 1170. The van der Waals surface area contributed by atoms with Crippen LogP contribution in [0.4, 0.5) is 5.69 Å². The second kappa shape index (κ2) is 7.98. The first-order chi connectivity index (χ1) is 15.1. The highest BCUT2D eigenvalue weighted by atomic mass is 16.6. The number of hydrogen-bond donors (Lipinski definition) is 2. The van der Waals surface area contributed by atoms with E-state index in [1.54, 1.807) is 31.2 Å². The Morgan fingerprint density at radius 1 is 1.03 bits per heavy atom. The second-order valence-corrected chi connectivity index (χ2v) is 7.94. The van der Waals surface area contributed by atoms with Gasteiger partial charge in [-0.15, -0.1) is 0 Å². The van der Waals surface area contributed by atoms with Crippen LogP contribution in [-0.4, -0.2) is 36.2 Å². The zero-order chi connectivity index (χ0) is 21.4. The van der Waals surface area contributed by atoms with Gasteiger partial charge in [0, 0.05) is 28.4 Å². The molecule has 2 heterocycles. The van der Waals surface area contributed by atoms with E-state index in [-0.39, 0.29) is 0 Å². The molecule has 2 N–H and O–H groups in total. The average Bonchev–Trinajstić information content (AvgIpc) is 3.17. The molecule has 2 aromatic carbocycles. The molecule has 1 aliphatic heterocycles. The number of aryl methyl sites for hydroxylation is 2. The molecule has 5 rings (SSSR count). The van der Waals surface area contributed by atoms with Crippen LogP contribution in [0.3, 0.4) is 0 Å². The molecule has 3 aromatic rings. The molecule has 1 aliphatic carbocycles. The lowest BCUT2D eigenvalue weighted by molar-refractivity contribution is -0.123. The zero-order valence-electron chi connectivity index (χ0n) is 17.3. The van der Waals surface area contributed by atoms with Gasteiger partial charge in [0.2, 0.25) is 0 Å². The summed E-state index contributed by atoms with van der Waals surface area (Å²) in [6.45, 7) is 2.53. The molecule has 1 atom stereocenters. The number of aromatic nitrogens is 1. The van der Waals surface area contributed by atoms with Crippen LogP contribution in [0.15, 0.2) is 36.4 Å². The third-order valence-electron chi connectivity index (χ3n) is 5.80. The van der Waals surface area contributed by atoms with Crippen LogP contribution in [0, 0.1) is 0 Å². The highest BCUT2D eigenvalue weighted by Crippen LogP contribution is 2.33. The largest absolute Gasteiger partial charge is 0.486 e. The van der Waals surface area contributed by atoms with E-state index in [1.807, 2.05) is 12.1 Å². The van der Waals surface area contributed by atoms with Gasteiger partial charge in [-0.25, -0.2) is 4.79 Å². The highest BCUT2D eigenvalue weighted by Gasteiger charge is 2.22. The van der Waals surface area contributed by atoms with Gasteiger partial charge in [0.15, 0.2) is 17.6 Å². The summed E-state index contributed by atoms with van der Waals surface area (Å²) in [5.74, 6) is 0.297. The van der Waals surface area contributed by atoms with Crippen molar-refractivity contribution >= 4 is 28.5 Å². The summed E-state index contributed by atoms with van der Waals surface area (Å²) in [7, 11) is 0. The molecule has 0 saturated carbocycles. The normalized spacial score (nSPS) is 15.8. The minimum Gasteiger partial charge on any atom is -0.486 e. The molecule has 7 heteroatoms. The maximum absolute atomic E-state index is 12.7. The number of aromatic amines is 1. The molecule has 160 valence electrons. The first-order valence-electron chi connectivity index (χ1n) is 10.6. The van der Waals surface area contributed by atoms with Gasteiger partial charge in [0.1, 0.15) is 13.2 Å². The molecule has 31 heavy (non-hydrogen) atoms. The summed E-state index contributed by atoms with van der Waals surface area (Å²) in [6, 6.07) is 10.7. The molecule has 7 nitrogen and oxygen atoms in total. The van der Waals surface area contributed by atoms with E-state index in [0.29, 0.717) is 36.0 Å². The summed E-state index contributed by atoms with van der Waals surface area (Å²) in [5.41, 5.74) is 4.59. The summed E-state index contributed by atoms with van der Waals surface area (Å²) in [5, 5.41) is 3.83. The van der Waals surface area contributed by atoms with Crippen molar-refractivity contribution in [2.75, 3.05) is 18.5 Å². The summed E-state index contributed by atoms with van der Waals surface area (Å²) < 4.78 is 16.5. The van der Waals surface area contributed by atoms with Gasteiger partial charge in [-0.05, 0) is 68.5 Å². The number of esters is 1. The van der Waals surface area contributed by atoms with E-state index in [1.165, 1.54) is 17.7 Å². The smallest absolute Gasteiger partial charge is 0.338 e. The van der Waals surface area contributed by atoms with E-state index in [4.69, 9.17) is 14.2 Å². The first kappa shape index (κ1) is 19.5. The fraction of sp³-hybridized carbons (Fsp3) is 0.333. The number of anilines is 1. The first-order valence-corrected chi connectivity index (χ1v) is 10.6. The SMILES string of the molecule is C[C@H](OC(=O)c1ccc2[nH]c3c(c2c1)CCCC3)C(=O)Nc1ccc2c(c1)OCCO2. The van der Waals surface area contributed by atoms with E-state index >= 15 is 0 Å².